The minimum absolute atomic E-state index is 0.440. The number of unbranched alkanes of at least 4 members (excludes halogenated alkanes) is 1. The molecule has 4 heteroatoms. The second-order valence-electron chi connectivity index (χ2n) is 1.58. The lowest BCUT2D eigenvalue weighted by molar-refractivity contribution is 0.151. The van der Waals surface area contributed by atoms with Crippen LogP contribution < -0.4 is 4.84 Å². The number of nitrogens with one attached hydrogen (secondary N) is 1. The summed E-state index contributed by atoms with van der Waals surface area (Å²) in [5.74, 6) is 0. The predicted octanol–water partition coefficient (Wildman–Crippen LogP) is 1.67. The van der Waals surface area contributed by atoms with E-state index in [1.165, 1.54) is 0 Å². The highest BCUT2D eigenvalue weighted by molar-refractivity contribution is 6.20. The first-order valence-electron chi connectivity index (χ1n) is 2.84. The number of hydrogen-bond donors (Lipinski definition) is 1. The summed E-state index contributed by atoms with van der Waals surface area (Å²) in [4.78, 5) is 12.1. The zero-order chi connectivity index (χ0) is 7.11. The molecule has 0 saturated heterocycles. The molecule has 9 heavy (non-hydrogen) atoms. The monoisotopic (exact) mass is 151 g/mol. The van der Waals surface area contributed by atoms with E-state index in [0.29, 0.717) is 6.61 Å². The largest absolute Gasteiger partial charge is 0.449 e. The third-order valence-electron chi connectivity index (χ3n) is 0.808. The molecular weight excluding hydrogens is 142 g/mol. The molecule has 0 aliphatic carbocycles. The molecule has 0 radical (unpaired) electrons. The van der Waals surface area contributed by atoms with E-state index in [4.69, 9.17) is 11.8 Å². The number of amides is 1. The normalized spacial score (nSPS) is 8.67. The smallest absolute Gasteiger partial charge is 0.421 e. The van der Waals surface area contributed by atoms with Crippen molar-refractivity contribution < 1.29 is 9.53 Å². The summed E-state index contributed by atoms with van der Waals surface area (Å²) in [5.41, 5.74) is 0. The molecule has 0 saturated carbocycles. The zero-order valence-corrected chi connectivity index (χ0v) is 6.07. The summed E-state index contributed by atoms with van der Waals surface area (Å²) in [6.07, 6.45) is 1.31. The second-order valence-corrected chi connectivity index (χ2v) is 1.77. The van der Waals surface area contributed by atoms with Crippen molar-refractivity contribution >= 4 is 17.9 Å². The molecule has 0 spiro atoms. The maximum atomic E-state index is 10.2. The minimum Gasteiger partial charge on any atom is -0.449 e. The average molecular weight is 152 g/mol. The van der Waals surface area contributed by atoms with E-state index >= 15 is 0 Å². The van der Waals surface area contributed by atoms with Crippen LogP contribution in [-0.2, 0) is 4.74 Å². The van der Waals surface area contributed by atoms with Crippen molar-refractivity contribution in [1.29, 1.82) is 0 Å². The topological polar surface area (TPSA) is 38.3 Å². The van der Waals surface area contributed by atoms with Crippen LogP contribution in [0, 0.1) is 0 Å². The van der Waals surface area contributed by atoms with Crippen LogP contribution in [0.15, 0.2) is 0 Å². The van der Waals surface area contributed by atoms with Gasteiger partial charge in [0.15, 0.2) is 0 Å². The van der Waals surface area contributed by atoms with Crippen LogP contribution in [0.4, 0.5) is 4.79 Å². The maximum Gasteiger partial charge on any atom is 0.421 e. The van der Waals surface area contributed by atoms with Gasteiger partial charge in [-0.3, -0.25) is 0 Å². The van der Waals surface area contributed by atoms with Gasteiger partial charge in [0.25, 0.3) is 0 Å². The number of halogens is 1. The average Bonchev–Trinajstić information content (AvgIpc) is 1.89. The van der Waals surface area contributed by atoms with Crippen LogP contribution >= 0.6 is 11.8 Å². The second kappa shape index (κ2) is 5.69. The Labute approximate surface area is 59.4 Å². The van der Waals surface area contributed by atoms with Crippen LogP contribution in [0.1, 0.15) is 19.8 Å². The van der Waals surface area contributed by atoms with Crippen molar-refractivity contribution in [2.45, 2.75) is 19.8 Å². The maximum absolute atomic E-state index is 10.2. The summed E-state index contributed by atoms with van der Waals surface area (Å²) < 4.78 is 4.55. The van der Waals surface area contributed by atoms with Crippen molar-refractivity contribution in [3.63, 3.8) is 0 Å². The Morgan fingerprint density at radius 3 is 2.89 bits per heavy atom. The molecule has 0 aliphatic rings. The molecule has 1 amide bonds. The standard InChI is InChI=1S/C5H10ClNO2/c1-2-3-4-9-5(8)7-6/h2-4H2,1H3,(H,7,8). The lowest BCUT2D eigenvalue weighted by Gasteiger charge is -1.98. The van der Waals surface area contributed by atoms with Gasteiger partial charge in [-0.1, -0.05) is 13.3 Å². The van der Waals surface area contributed by atoms with E-state index in [1.807, 2.05) is 11.8 Å². The van der Waals surface area contributed by atoms with Gasteiger partial charge in [-0.05, 0) is 6.42 Å². The Kier molecular flexibility index (Phi) is 5.41. The van der Waals surface area contributed by atoms with Gasteiger partial charge in [0, 0.05) is 11.8 Å². The molecule has 0 aromatic heterocycles. The number of rotatable bonds is 3. The number of hydrogen-bond acceptors (Lipinski definition) is 2. The van der Waals surface area contributed by atoms with Crippen molar-refractivity contribution in [2.24, 2.45) is 0 Å². The minimum atomic E-state index is -0.579. The molecule has 3 nitrogen and oxygen atoms in total. The van der Waals surface area contributed by atoms with Crippen LogP contribution in [0.25, 0.3) is 0 Å². The van der Waals surface area contributed by atoms with Gasteiger partial charge in [0.2, 0.25) is 0 Å². The predicted molar refractivity (Wildman–Crippen MR) is 35.2 cm³/mol. The fourth-order valence-electron chi connectivity index (χ4n) is 0.336. The van der Waals surface area contributed by atoms with Gasteiger partial charge in [0.1, 0.15) is 0 Å². The number of carbonyl (C=O) groups is 1. The summed E-state index contributed by atoms with van der Waals surface area (Å²) >= 11 is 4.91. The molecule has 1 N–H and O–H groups in total. The van der Waals surface area contributed by atoms with Gasteiger partial charge in [-0.25, -0.2) is 9.63 Å². The molecular formula is C5H10ClNO2. The fourth-order valence-corrected chi connectivity index (χ4v) is 0.391. The van der Waals surface area contributed by atoms with Crippen molar-refractivity contribution in [1.82, 2.24) is 4.84 Å². The number of ether oxygens (including phenoxy) is 1. The lowest BCUT2D eigenvalue weighted by atomic mass is 10.4. The first-order valence-corrected chi connectivity index (χ1v) is 3.22. The van der Waals surface area contributed by atoms with E-state index in [0.717, 1.165) is 12.8 Å². The van der Waals surface area contributed by atoms with Gasteiger partial charge >= 0.3 is 6.09 Å². The Balaban J connectivity index is 2.97. The van der Waals surface area contributed by atoms with Crippen LogP contribution in [0.5, 0.6) is 0 Å². The highest BCUT2D eigenvalue weighted by Gasteiger charge is 1.95. The van der Waals surface area contributed by atoms with Gasteiger partial charge in [-0.15, -0.1) is 0 Å². The van der Waals surface area contributed by atoms with E-state index in [2.05, 4.69) is 4.74 Å². The summed E-state index contributed by atoms with van der Waals surface area (Å²) in [6.45, 7) is 2.46. The Hall–Kier alpha value is -0.440. The molecule has 0 rings (SSSR count). The molecule has 0 atom stereocenters. The third kappa shape index (κ3) is 5.43. The first kappa shape index (κ1) is 8.56. The highest BCUT2D eigenvalue weighted by atomic mass is 35.5. The van der Waals surface area contributed by atoms with Crippen molar-refractivity contribution in [2.75, 3.05) is 6.61 Å². The van der Waals surface area contributed by atoms with Crippen LogP contribution in [0.3, 0.4) is 0 Å². The van der Waals surface area contributed by atoms with E-state index in [9.17, 15) is 4.79 Å². The first-order chi connectivity index (χ1) is 4.31. The van der Waals surface area contributed by atoms with Crippen LogP contribution in [-0.4, -0.2) is 12.7 Å². The Morgan fingerprint density at radius 1 is 1.78 bits per heavy atom. The summed E-state index contributed by atoms with van der Waals surface area (Å²) in [7, 11) is 0. The highest BCUT2D eigenvalue weighted by Crippen LogP contribution is 1.87. The van der Waals surface area contributed by atoms with Crippen molar-refractivity contribution in [3.05, 3.63) is 0 Å². The summed E-state index contributed by atoms with van der Waals surface area (Å²) in [6, 6.07) is 0. The van der Waals surface area contributed by atoms with Crippen LogP contribution in [0.2, 0.25) is 0 Å². The van der Waals surface area contributed by atoms with Gasteiger partial charge in [0.05, 0.1) is 6.61 Å². The molecule has 0 aromatic carbocycles. The van der Waals surface area contributed by atoms with Gasteiger partial charge < -0.3 is 4.74 Å². The molecule has 0 unspecified atom stereocenters. The lowest BCUT2D eigenvalue weighted by Crippen LogP contribution is -2.14. The molecule has 54 valence electrons. The molecule has 0 aliphatic heterocycles. The third-order valence-corrected chi connectivity index (χ3v) is 0.963. The van der Waals surface area contributed by atoms with E-state index in [1.54, 1.807) is 0 Å². The fraction of sp³-hybridized carbons (Fsp3) is 0.800. The van der Waals surface area contributed by atoms with E-state index < -0.39 is 6.09 Å². The number of carbonyl (C=O) groups excluding carboxylic acids is 1. The Morgan fingerprint density at radius 2 is 2.44 bits per heavy atom. The van der Waals surface area contributed by atoms with Gasteiger partial charge in [-0.2, -0.15) is 0 Å². The molecule has 0 heterocycles. The molecule has 0 bridgehead atoms. The molecule has 0 fully saturated rings. The van der Waals surface area contributed by atoms with E-state index in [-0.39, 0.29) is 0 Å². The molecule has 0 aromatic rings. The summed E-state index contributed by atoms with van der Waals surface area (Å²) in [5, 5.41) is 0. The SMILES string of the molecule is CCCCOC(=O)NCl. The quantitative estimate of drug-likeness (QED) is 0.492. The zero-order valence-electron chi connectivity index (χ0n) is 5.32. The Bertz CT molecular complexity index is 87.0. The van der Waals surface area contributed by atoms with Crippen molar-refractivity contribution in [3.8, 4) is 0 Å².